The lowest BCUT2D eigenvalue weighted by molar-refractivity contribution is -0.137. The first kappa shape index (κ1) is 15.6. The molecule has 3 aromatic rings. The fraction of sp³-hybridized carbons (Fsp3) is 0.167. The van der Waals surface area contributed by atoms with Crippen LogP contribution in [0.4, 0.5) is 4.39 Å². The first-order chi connectivity index (χ1) is 11.0. The summed E-state index contributed by atoms with van der Waals surface area (Å²) in [5, 5.41) is 10.5. The Morgan fingerprint density at radius 2 is 1.91 bits per heavy atom. The predicted octanol–water partition coefficient (Wildman–Crippen LogP) is 4.42. The van der Waals surface area contributed by atoms with E-state index >= 15 is 0 Å². The molecule has 118 valence electrons. The topological polar surface area (TPSA) is 42.2 Å². The van der Waals surface area contributed by atoms with Gasteiger partial charge in [-0.05, 0) is 54.8 Å². The van der Waals surface area contributed by atoms with Gasteiger partial charge in [0, 0.05) is 21.6 Å². The summed E-state index contributed by atoms with van der Waals surface area (Å²) >= 11 is 5.90. The smallest absolute Gasteiger partial charge is 0.323 e. The van der Waals surface area contributed by atoms with Crippen LogP contribution in [-0.4, -0.2) is 15.6 Å². The van der Waals surface area contributed by atoms with Crippen LogP contribution in [0.25, 0.3) is 10.9 Å². The second-order valence-electron chi connectivity index (χ2n) is 5.51. The molecule has 5 heteroatoms. The second kappa shape index (κ2) is 6.05. The van der Waals surface area contributed by atoms with Crippen LogP contribution in [0.15, 0.2) is 42.5 Å². The van der Waals surface area contributed by atoms with Gasteiger partial charge in [0.1, 0.15) is 12.4 Å². The van der Waals surface area contributed by atoms with E-state index in [1.807, 2.05) is 31.2 Å². The highest BCUT2D eigenvalue weighted by molar-refractivity contribution is 6.30. The summed E-state index contributed by atoms with van der Waals surface area (Å²) in [6.07, 6.45) is 0.593. The normalized spacial score (nSPS) is 11.1. The number of carbonyl (C=O) groups is 1. The van der Waals surface area contributed by atoms with E-state index in [1.165, 1.54) is 12.1 Å². The van der Waals surface area contributed by atoms with Crippen molar-refractivity contribution >= 4 is 28.5 Å². The van der Waals surface area contributed by atoms with Crippen molar-refractivity contribution in [2.24, 2.45) is 0 Å². The van der Waals surface area contributed by atoms with Crippen LogP contribution < -0.4 is 0 Å². The molecule has 0 aliphatic heterocycles. The Morgan fingerprint density at radius 3 is 2.57 bits per heavy atom. The van der Waals surface area contributed by atoms with Gasteiger partial charge in [-0.3, -0.25) is 4.79 Å². The lowest BCUT2D eigenvalue weighted by Gasteiger charge is -2.06. The van der Waals surface area contributed by atoms with Crippen LogP contribution in [0.5, 0.6) is 0 Å². The second-order valence-corrected chi connectivity index (χ2v) is 5.94. The van der Waals surface area contributed by atoms with E-state index in [2.05, 4.69) is 0 Å². The van der Waals surface area contributed by atoms with Crippen molar-refractivity contribution < 1.29 is 14.3 Å². The van der Waals surface area contributed by atoms with Gasteiger partial charge in [-0.15, -0.1) is 0 Å². The SMILES string of the molecule is Cc1c(Cc2ccc(Cl)cc2)c2cc(F)ccc2n1CC(=O)O. The number of benzene rings is 2. The van der Waals surface area contributed by atoms with Crippen molar-refractivity contribution in [3.05, 3.63) is 70.1 Å². The van der Waals surface area contributed by atoms with E-state index < -0.39 is 5.97 Å². The van der Waals surface area contributed by atoms with E-state index in [4.69, 9.17) is 16.7 Å². The summed E-state index contributed by atoms with van der Waals surface area (Å²) in [6, 6.07) is 11.9. The van der Waals surface area contributed by atoms with Crippen molar-refractivity contribution in [2.45, 2.75) is 19.9 Å². The van der Waals surface area contributed by atoms with Gasteiger partial charge in [0.05, 0.1) is 0 Å². The highest BCUT2D eigenvalue weighted by Crippen LogP contribution is 2.29. The molecule has 0 unspecified atom stereocenters. The van der Waals surface area contributed by atoms with E-state index in [9.17, 15) is 9.18 Å². The minimum atomic E-state index is -0.924. The molecule has 0 spiro atoms. The molecule has 0 fully saturated rings. The third kappa shape index (κ3) is 3.08. The molecule has 0 atom stereocenters. The number of nitrogens with zero attached hydrogens (tertiary/aromatic N) is 1. The Balaban J connectivity index is 2.14. The highest BCUT2D eigenvalue weighted by atomic mass is 35.5. The fourth-order valence-electron chi connectivity index (χ4n) is 2.89. The molecule has 0 saturated carbocycles. The van der Waals surface area contributed by atoms with Gasteiger partial charge in [-0.1, -0.05) is 23.7 Å². The average molecular weight is 332 g/mol. The number of carboxylic acid groups (broad SMARTS) is 1. The lowest BCUT2D eigenvalue weighted by Crippen LogP contribution is -2.10. The van der Waals surface area contributed by atoms with Gasteiger partial charge in [-0.25, -0.2) is 4.39 Å². The Bertz CT molecular complexity index is 884. The van der Waals surface area contributed by atoms with Gasteiger partial charge in [-0.2, -0.15) is 0 Å². The number of hydrogen-bond acceptors (Lipinski definition) is 1. The summed E-state index contributed by atoms with van der Waals surface area (Å²) < 4.78 is 15.4. The van der Waals surface area contributed by atoms with Gasteiger partial charge >= 0.3 is 5.97 Å². The van der Waals surface area contributed by atoms with Crippen LogP contribution in [0.3, 0.4) is 0 Å². The Labute approximate surface area is 137 Å². The van der Waals surface area contributed by atoms with E-state index in [0.29, 0.717) is 11.4 Å². The van der Waals surface area contributed by atoms with Crippen LogP contribution in [0.2, 0.25) is 5.02 Å². The quantitative estimate of drug-likeness (QED) is 0.769. The van der Waals surface area contributed by atoms with Crippen molar-refractivity contribution in [3.63, 3.8) is 0 Å². The molecule has 23 heavy (non-hydrogen) atoms. The minimum Gasteiger partial charge on any atom is -0.480 e. The van der Waals surface area contributed by atoms with Crippen LogP contribution in [0, 0.1) is 12.7 Å². The third-order valence-corrected chi connectivity index (χ3v) is 4.26. The van der Waals surface area contributed by atoms with Crippen molar-refractivity contribution in [1.29, 1.82) is 0 Å². The molecule has 0 bridgehead atoms. The number of rotatable bonds is 4. The van der Waals surface area contributed by atoms with Crippen molar-refractivity contribution in [1.82, 2.24) is 4.57 Å². The molecule has 1 N–H and O–H groups in total. The number of halogens is 2. The maximum atomic E-state index is 13.7. The molecule has 0 saturated heterocycles. The molecule has 3 rings (SSSR count). The molecule has 3 nitrogen and oxygen atoms in total. The number of carboxylic acids is 1. The van der Waals surface area contributed by atoms with E-state index in [1.54, 1.807) is 10.6 Å². The van der Waals surface area contributed by atoms with Crippen LogP contribution in [0.1, 0.15) is 16.8 Å². The highest BCUT2D eigenvalue weighted by Gasteiger charge is 2.16. The first-order valence-electron chi connectivity index (χ1n) is 7.19. The average Bonchev–Trinajstić information content (AvgIpc) is 2.74. The number of fused-ring (bicyclic) bond motifs is 1. The van der Waals surface area contributed by atoms with Gasteiger partial charge < -0.3 is 9.67 Å². The monoisotopic (exact) mass is 331 g/mol. The summed E-state index contributed by atoms with van der Waals surface area (Å²) in [4.78, 5) is 11.1. The molecule has 1 heterocycles. The van der Waals surface area contributed by atoms with E-state index in [-0.39, 0.29) is 12.4 Å². The maximum Gasteiger partial charge on any atom is 0.323 e. The Hall–Kier alpha value is -2.33. The van der Waals surface area contributed by atoms with Crippen molar-refractivity contribution in [2.75, 3.05) is 0 Å². The fourth-order valence-corrected chi connectivity index (χ4v) is 3.02. The molecule has 2 aromatic carbocycles. The lowest BCUT2D eigenvalue weighted by atomic mass is 10.0. The number of hydrogen-bond donors (Lipinski definition) is 1. The van der Waals surface area contributed by atoms with Gasteiger partial charge in [0.2, 0.25) is 0 Å². The summed E-state index contributed by atoms with van der Waals surface area (Å²) in [6.45, 7) is 1.72. The van der Waals surface area contributed by atoms with Crippen LogP contribution >= 0.6 is 11.6 Å². The molecule has 0 aliphatic carbocycles. The first-order valence-corrected chi connectivity index (χ1v) is 7.57. The Kier molecular flexibility index (Phi) is 4.09. The molecule has 0 aliphatic rings. The zero-order chi connectivity index (χ0) is 16.6. The third-order valence-electron chi connectivity index (χ3n) is 4.00. The zero-order valence-corrected chi connectivity index (χ0v) is 13.3. The molecular formula is C18H15ClFNO2. The van der Waals surface area contributed by atoms with Gasteiger partial charge in [0.25, 0.3) is 0 Å². The van der Waals surface area contributed by atoms with Crippen molar-refractivity contribution in [3.8, 4) is 0 Å². The maximum absolute atomic E-state index is 13.7. The summed E-state index contributed by atoms with van der Waals surface area (Å²) in [5.41, 5.74) is 3.54. The zero-order valence-electron chi connectivity index (χ0n) is 12.5. The molecular weight excluding hydrogens is 317 g/mol. The predicted molar refractivity (Wildman–Crippen MR) is 88.5 cm³/mol. The number of aliphatic carboxylic acids is 1. The molecule has 1 aromatic heterocycles. The standard InChI is InChI=1S/C18H15ClFNO2/c1-11-15(8-12-2-4-13(19)5-3-12)16-9-14(20)6-7-17(16)21(11)10-18(22)23/h2-7,9H,8,10H2,1H3,(H,22,23). The number of aromatic nitrogens is 1. The summed E-state index contributed by atoms with van der Waals surface area (Å²) in [5.74, 6) is -1.25. The largest absolute Gasteiger partial charge is 0.480 e. The van der Waals surface area contributed by atoms with Gasteiger partial charge in [0.15, 0.2) is 0 Å². The molecule has 0 radical (unpaired) electrons. The van der Waals surface area contributed by atoms with Crippen LogP contribution in [-0.2, 0) is 17.8 Å². The Morgan fingerprint density at radius 1 is 1.22 bits per heavy atom. The minimum absolute atomic E-state index is 0.144. The van der Waals surface area contributed by atoms with E-state index in [0.717, 1.165) is 27.7 Å². The molecule has 0 amide bonds. The summed E-state index contributed by atoms with van der Waals surface area (Å²) in [7, 11) is 0.